The zero-order chi connectivity index (χ0) is 41.9. The van der Waals surface area contributed by atoms with Crippen molar-refractivity contribution in [1.82, 2.24) is 10.2 Å². The van der Waals surface area contributed by atoms with Gasteiger partial charge in [-0.2, -0.15) is 0 Å². The third-order valence-electron chi connectivity index (χ3n) is 11.5. The van der Waals surface area contributed by atoms with Crippen molar-refractivity contribution >= 4 is 24.3 Å². The second-order valence-corrected chi connectivity index (χ2v) is 18.6. The molecule has 1 aromatic heterocycles. The van der Waals surface area contributed by atoms with Crippen LogP contribution in [0.1, 0.15) is 49.9 Å². The zero-order valence-corrected chi connectivity index (χ0v) is 35.4. The van der Waals surface area contributed by atoms with Crippen molar-refractivity contribution in [1.29, 1.82) is 0 Å². The molecule has 61 heavy (non-hydrogen) atoms. The summed E-state index contributed by atoms with van der Waals surface area (Å²) in [4.78, 5) is 0. The molecule has 0 unspecified atom stereocenters. The minimum atomic E-state index is 0.0156. The monoisotopic (exact) mass is 826 g/mol. The fourth-order valence-electron chi connectivity index (χ4n) is 7.18. The largest absolute Gasteiger partial charge is 0.489 e. The van der Waals surface area contributed by atoms with Gasteiger partial charge >= 0.3 is 0 Å². The first-order chi connectivity index (χ1) is 29.5. The number of nitrogens with zero attached hydrogens (tertiary/aromatic N) is 2. The van der Waals surface area contributed by atoms with Crippen LogP contribution >= 0.6 is 0 Å². The van der Waals surface area contributed by atoms with Gasteiger partial charge in [0, 0.05) is 32.8 Å². The maximum Gasteiger partial charge on any atom is 0.248 e. The summed E-state index contributed by atoms with van der Waals surface area (Å²) < 4.78 is 52.9. The van der Waals surface area contributed by atoms with Gasteiger partial charge in [-0.3, -0.25) is 0 Å². The van der Waals surface area contributed by atoms with Crippen LogP contribution in [0.3, 0.4) is 0 Å². The number of aromatic nitrogens is 2. The molecule has 0 saturated carbocycles. The molecule has 4 aliphatic heterocycles. The lowest BCUT2D eigenvalue weighted by Gasteiger charge is -2.38. The van der Waals surface area contributed by atoms with Crippen molar-refractivity contribution < 1.29 is 42.3 Å². The summed E-state index contributed by atoms with van der Waals surface area (Å²) in [6.07, 6.45) is 8.29. The minimum Gasteiger partial charge on any atom is -0.489 e. The van der Waals surface area contributed by atoms with Gasteiger partial charge < -0.3 is 42.3 Å². The van der Waals surface area contributed by atoms with Crippen LogP contribution in [0.4, 0.5) is 0 Å². The molecule has 0 amide bonds. The molecule has 4 saturated heterocycles. The van der Waals surface area contributed by atoms with E-state index in [1.54, 1.807) is 0 Å². The number of rotatable bonds is 18. The molecule has 0 radical (unpaired) electrons. The Morgan fingerprint density at radius 2 is 0.705 bits per heavy atom. The van der Waals surface area contributed by atoms with Gasteiger partial charge in [-0.15, -0.1) is 10.2 Å². The Bertz CT molecular complexity index is 2190. The van der Waals surface area contributed by atoms with Gasteiger partial charge in [0.25, 0.3) is 0 Å². The van der Waals surface area contributed by atoms with Crippen molar-refractivity contribution in [2.24, 2.45) is 21.7 Å². The maximum atomic E-state index is 6.32. The number of hydrogen-bond donors (Lipinski definition) is 0. The molecular formula is C50H54N2O9. The normalized spacial score (nSPS) is 19.3. The van der Waals surface area contributed by atoms with E-state index in [0.717, 1.165) is 56.4 Å². The lowest BCUT2D eigenvalue weighted by atomic mass is 9.90. The highest BCUT2D eigenvalue weighted by Crippen LogP contribution is 2.38. The van der Waals surface area contributed by atoms with Gasteiger partial charge in [-0.25, -0.2) is 0 Å². The number of benzene rings is 4. The summed E-state index contributed by atoms with van der Waals surface area (Å²) >= 11 is 0. The van der Waals surface area contributed by atoms with Crippen LogP contribution in [0.2, 0.25) is 0 Å². The molecule has 318 valence electrons. The lowest BCUT2D eigenvalue weighted by Crippen LogP contribution is -2.45. The fraction of sp³-hybridized carbons (Fsp3) is 0.400. The highest BCUT2D eigenvalue weighted by atomic mass is 16.6. The van der Waals surface area contributed by atoms with Crippen LogP contribution < -0.4 is 18.9 Å². The molecule has 0 aliphatic carbocycles. The summed E-state index contributed by atoms with van der Waals surface area (Å²) in [6.45, 7) is 16.6. The molecule has 4 aromatic carbocycles. The van der Waals surface area contributed by atoms with Crippen molar-refractivity contribution in [2.45, 2.75) is 27.7 Å². The molecule has 5 heterocycles. The molecule has 11 nitrogen and oxygen atoms in total. The van der Waals surface area contributed by atoms with Crippen molar-refractivity contribution in [3.05, 3.63) is 107 Å². The number of hydrogen-bond acceptors (Lipinski definition) is 11. The molecule has 0 bridgehead atoms. The third-order valence-corrected chi connectivity index (χ3v) is 11.5. The maximum absolute atomic E-state index is 6.32. The molecule has 0 spiro atoms. The van der Waals surface area contributed by atoms with Crippen LogP contribution in [-0.2, 0) is 18.9 Å². The summed E-state index contributed by atoms with van der Waals surface area (Å²) in [6, 6.07) is 28.2. The molecular weight excluding hydrogens is 773 g/mol. The Balaban J connectivity index is 0.819. The van der Waals surface area contributed by atoms with Gasteiger partial charge in [0.15, 0.2) is 23.0 Å². The Morgan fingerprint density at radius 3 is 1.02 bits per heavy atom. The predicted molar refractivity (Wildman–Crippen MR) is 234 cm³/mol. The average molecular weight is 827 g/mol. The lowest BCUT2D eigenvalue weighted by molar-refractivity contribution is -0.123. The molecule has 11 heteroatoms. The Morgan fingerprint density at radius 1 is 0.410 bits per heavy atom. The van der Waals surface area contributed by atoms with E-state index >= 15 is 0 Å². The van der Waals surface area contributed by atoms with E-state index in [-0.39, 0.29) is 21.7 Å². The van der Waals surface area contributed by atoms with E-state index in [2.05, 4.69) is 62.2 Å². The fourth-order valence-corrected chi connectivity index (χ4v) is 7.18. The van der Waals surface area contributed by atoms with E-state index in [4.69, 9.17) is 42.3 Å². The summed E-state index contributed by atoms with van der Waals surface area (Å²) in [5.41, 5.74) is 5.87. The van der Waals surface area contributed by atoms with Crippen molar-refractivity contribution in [3.8, 4) is 45.9 Å². The van der Waals surface area contributed by atoms with Gasteiger partial charge in [-0.05, 0) is 70.8 Å². The number of ether oxygens (including phenoxy) is 8. The topological polar surface area (TPSA) is 113 Å². The summed E-state index contributed by atoms with van der Waals surface area (Å²) in [5, 5.41) is 8.70. The first kappa shape index (κ1) is 40.9. The Kier molecular flexibility index (Phi) is 11.5. The van der Waals surface area contributed by atoms with E-state index in [1.807, 2.05) is 84.9 Å². The Labute approximate surface area is 357 Å². The second-order valence-electron chi connectivity index (χ2n) is 18.6. The minimum absolute atomic E-state index is 0.0156. The van der Waals surface area contributed by atoms with Crippen molar-refractivity contribution in [2.75, 3.05) is 79.3 Å². The standard InChI is InChI=1S/C50H54N2O9/c1-47(23-53-24-47)31-57-41-19-13-37(21-43(41)59-33-49(3)27-55-28-49)7-5-35-9-15-39(16-10-35)45-51-52-46(61-45)40-17-11-36(12-18-40)6-8-38-14-20-42(58-32-48(2)25-54-26-48)44(22-38)60-34-50(4)29-56-30-50/h5-22H,23-34H2,1-4H3/b7-5-,8-6+. The molecule has 0 N–H and O–H groups in total. The van der Waals surface area contributed by atoms with Gasteiger partial charge in [0.2, 0.25) is 11.8 Å². The highest BCUT2D eigenvalue weighted by molar-refractivity contribution is 5.73. The van der Waals surface area contributed by atoms with Crippen LogP contribution in [0.5, 0.6) is 23.0 Å². The SMILES string of the molecule is CC1(COc2ccc(/C=C\c3ccc(-c4nnc(-c5ccc(/C=C/c6ccc(OCC7(C)COC7)c(OCC7(C)COC7)c6)cc5)o4)cc3)cc2OCC2(C)COC2)COC1. The predicted octanol–water partition coefficient (Wildman–Crippen LogP) is 9.41. The van der Waals surface area contributed by atoms with Crippen molar-refractivity contribution in [3.63, 3.8) is 0 Å². The van der Waals surface area contributed by atoms with Gasteiger partial charge in [0.05, 0.1) is 79.3 Å². The van der Waals surface area contributed by atoms with Crippen LogP contribution in [0.25, 0.3) is 47.2 Å². The van der Waals surface area contributed by atoms with E-state index in [1.165, 1.54) is 0 Å². The quantitative estimate of drug-likeness (QED) is 0.0788. The van der Waals surface area contributed by atoms with E-state index in [9.17, 15) is 0 Å². The molecule has 0 atom stereocenters. The van der Waals surface area contributed by atoms with Gasteiger partial charge in [0.1, 0.15) is 0 Å². The third kappa shape index (κ3) is 9.86. The van der Waals surface area contributed by atoms with Crippen LogP contribution in [0.15, 0.2) is 89.3 Å². The molecule has 9 rings (SSSR count). The molecule has 4 fully saturated rings. The summed E-state index contributed by atoms with van der Waals surface area (Å²) in [7, 11) is 0. The van der Waals surface area contributed by atoms with Crippen LogP contribution in [-0.4, -0.2) is 89.5 Å². The van der Waals surface area contributed by atoms with E-state index in [0.29, 0.717) is 91.1 Å². The Hall–Kier alpha value is -5.46. The molecule has 4 aliphatic rings. The first-order valence-corrected chi connectivity index (χ1v) is 21.0. The zero-order valence-electron chi connectivity index (χ0n) is 35.4. The first-order valence-electron chi connectivity index (χ1n) is 21.0. The highest BCUT2D eigenvalue weighted by Gasteiger charge is 2.37. The summed E-state index contributed by atoms with van der Waals surface area (Å²) in [5.74, 6) is 3.86. The average Bonchev–Trinajstić information content (AvgIpc) is 3.73. The molecule has 5 aromatic rings. The smallest absolute Gasteiger partial charge is 0.248 e. The van der Waals surface area contributed by atoms with Gasteiger partial charge in [-0.1, -0.05) is 88.4 Å². The van der Waals surface area contributed by atoms with Crippen LogP contribution in [0, 0.1) is 21.7 Å². The van der Waals surface area contributed by atoms with E-state index < -0.39 is 0 Å². The second kappa shape index (κ2) is 17.1.